The molecule has 1 aromatic heterocycles. The monoisotopic (exact) mass is 399 g/mol. The van der Waals surface area contributed by atoms with Crippen molar-refractivity contribution in [3.05, 3.63) is 95.8 Å². The summed E-state index contributed by atoms with van der Waals surface area (Å²) in [5.41, 5.74) is 3.69. The van der Waals surface area contributed by atoms with Crippen LogP contribution >= 0.6 is 0 Å². The fourth-order valence-electron chi connectivity index (χ4n) is 3.61. The van der Waals surface area contributed by atoms with Crippen LogP contribution in [0.15, 0.2) is 78.9 Å². The summed E-state index contributed by atoms with van der Waals surface area (Å²) in [6.45, 7) is 2.53. The second-order valence-electron chi connectivity index (χ2n) is 7.17. The van der Waals surface area contributed by atoms with Gasteiger partial charge in [0.25, 0.3) is 5.91 Å². The van der Waals surface area contributed by atoms with E-state index >= 15 is 0 Å². The number of benzene rings is 3. The van der Waals surface area contributed by atoms with E-state index in [-0.39, 0.29) is 11.9 Å². The largest absolute Gasteiger partial charge is 0.494 e. The number of carbonyl (C=O) groups is 1. The van der Waals surface area contributed by atoms with Gasteiger partial charge < -0.3 is 14.6 Å². The Morgan fingerprint density at radius 2 is 1.70 bits per heavy atom. The first-order chi connectivity index (χ1) is 14.7. The summed E-state index contributed by atoms with van der Waals surface area (Å²) < 4.78 is 7.56. The van der Waals surface area contributed by atoms with Crippen LogP contribution in [0.25, 0.3) is 11.0 Å². The van der Waals surface area contributed by atoms with Crippen LogP contribution in [0.2, 0.25) is 0 Å². The van der Waals surface area contributed by atoms with Gasteiger partial charge in [-0.25, -0.2) is 4.98 Å². The van der Waals surface area contributed by atoms with Gasteiger partial charge in [0, 0.05) is 19.0 Å². The summed E-state index contributed by atoms with van der Waals surface area (Å²) in [5, 5.41) is 3.19. The van der Waals surface area contributed by atoms with Crippen LogP contribution in [0.5, 0.6) is 5.75 Å². The highest BCUT2D eigenvalue weighted by Gasteiger charge is 2.19. The van der Waals surface area contributed by atoms with Crippen LogP contribution in [0.3, 0.4) is 0 Å². The molecule has 0 aliphatic heterocycles. The van der Waals surface area contributed by atoms with E-state index < -0.39 is 0 Å². The van der Waals surface area contributed by atoms with E-state index in [1.54, 1.807) is 12.1 Å². The third kappa shape index (κ3) is 4.20. The maximum absolute atomic E-state index is 13.0. The number of amides is 1. The molecule has 4 aromatic rings. The molecule has 5 nitrogen and oxygen atoms in total. The number of rotatable bonds is 7. The fourth-order valence-corrected chi connectivity index (χ4v) is 3.61. The summed E-state index contributed by atoms with van der Waals surface area (Å²) in [5.74, 6) is 1.57. The Morgan fingerprint density at radius 3 is 2.40 bits per heavy atom. The van der Waals surface area contributed by atoms with Gasteiger partial charge in [-0.05, 0) is 48.9 Å². The number of para-hydroxylation sites is 2. The van der Waals surface area contributed by atoms with Gasteiger partial charge in [0.15, 0.2) is 0 Å². The first-order valence-electron chi connectivity index (χ1n) is 10.1. The lowest BCUT2D eigenvalue weighted by Crippen LogP contribution is -2.30. The molecule has 0 aliphatic carbocycles. The molecule has 0 aliphatic rings. The zero-order valence-corrected chi connectivity index (χ0v) is 17.2. The number of hydrogen-bond donors (Lipinski definition) is 1. The van der Waals surface area contributed by atoms with E-state index in [1.165, 1.54) is 0 Å². The SMILES string of the molecule is CCOc1ccc(C(=O)N[C@H](Cc2nc3ccccc3n2C)c2ccccc2)cc1. The summed E-state index contributed by atoms with van der Waals surface area (Å²) in [7, 11) is 2.01. The maximum Gasteiger partial charge on any atom is 0.251 e. The highest BCUT2D eigenvalue weighted by Crippen LogP contribution is 2.22. The number of hydrogen-bond acceptors (Lipinski definition) is 3. The van der Waals surface area contributed by atoms with Gasteiger partial charge >= 0.3 is 0 Å². The number of carbonyl (C=O) groups excluding carboxylic acids is 1. The Kier molecular flexibility index (Phi) is 5.80. The zero-order valence-electron chi connectivity index (χ0n) is 17.2. The minimum Gasteiger partial charge on any atom is -0.494 e. The van der Waals surface area contributed by atoms with Gasteiger partial charge in [-0.1, -0.05) is 42.5 Å². The van der Waals surface area contributed by atoms with E-state index in [2.05, 4.69) is 16.0 Å². The molecule has 0 saturated carbocycles. The van der Waals surface area contributed by atoms with Crippen molar-refractivity contribution in [3.8, 4) is 5.75 Å². The predicted octanol–water partition coefficient (Wildman–Crippen LogP) is 4.69. The van der Waals surface area contributed by atoms with Crippen molar-refractivity contribution in [3.63, 3.8) is 0 Å². The molecule has 152 valence electrons. The van der Waals surface area contributed by atoms with Crippen LogP contribution in [0.1, 0.15) is 34.7 Å². The molecule has 4 rings (SSSR count). The van der Waals surface area contributed by atoms with Gasteiger partial charge in [0.2, 0.25) is 0 Å². The molecule has 0 radical (unpaired) electrons. The lowest BCUT2D eigenvalue weighted by Gasteiger charge is -2.19. The van der Waals surface area contributed by atoms with Gasteiger partial charge in [0.1, 0.15) is 11.6 Å². The van der Waals surface area contributed by atoms with E-state index in [0.717, 1.165) is 28.2 Å². The quantitative estimate of drug-likeness (QED) is 0.491. The number of ether oxygens (including phenoxy) is 1. The van der Waals surface area contributed by atoms with Gasteiger partial charge in [0.05, 0.1) is 23.7 Å². The molecule has 1 atom stereocenters. The molecule has 0 bridgehead atoms. The van der Waals surface area contributed by atoms with Crippen LogP contribution in [-0.4, -0.2) is 22.1 Å². The average Bonchev–Trinajstić information content (AvgIpc) is 3.10. The van der Waals surface area contributed by atoms with Crippen LogP contribution in [0.4, 0.5) is 0 Å². The number of nitrogens with one attached hydrogen (secondary N) is 1. The molecule has 1 heterocycles. The second kappa shape index (κ2) is 8.82. The fraction of sp³-hybridized carbons (Fsp3) is 0.200. The molecular formula is C25H25N3O2. The van der Waals surface area contributed by atoms with E-state index in [4.69, 9.17) is 9.72 Å². The van der Waals surface area contributed by atoms with Gasteiger partial charge in [-0.3, -0.25) is 4.79 Å². The molecular weight excluding hydrogens is 374 g/mol. The average molecular weight is 399 g/mol. The lowest BCUT2D eigenvalue weighted by atomic mass is 10.0. The van der Waals surface area contributed by atoms with Crippen molar-refractivity contribution in [2.45, 2.75) is 19.4 Å². The smallest absolute Gasteiger partial charge is 0.251 e. The van der Waals surface area contributed by atoms with Gasteiger partial charge in [-0.15, -0.1) is 0 Å². The van der Waals surface area contributed by atoms with E-state index in [0.29, 0.717) is 18.6 Å². The summed E-state index contributed by atoms with van der Waals surface area (Å²) in [6, 6.07) is 25.1. The third-order valence-electron chi connectivity index (χ3n) is 5.20. The number of nitrogens with zero attached hydrogens (tertiary/aromatic N) is 2. The molecule has 0 saturated heterocycles. The first kappa shape index (κ1) is 19.7. The highest BCUT2D eigenvalue weighted by atomic mass is 16.5. The minimum atomic E-state index is -0.194. The van der Waals surface area contributed by atoms with Crippen LogP contribution in [0, 0.1) is 0 Å². The first-order valence-corrected chi connectivity index (χ1v) is 10.1. The highest BCUT2D eigenvalue weighted by molar-refractivity contribution is 5.94. The van der Waals surface area contributed by atoms with Crippen molar-refractivity contribution in [2.24, 2.45) is 7.05 Å². The molecule has 30 heavy (non-hydrogen) atoms. The number of aromatic nitrogens is 2. The topological polar surface area (TPSA) is 56.1 Å². The summed E-state index contributed by atoms with van der Waals surface area (Å²) in [4.78, 5) is 17.8. The summed E-state index contributed by atoms with van der Waals surface area (Å²) in [6.07, 6.45) is 0.595. The standard InChI is InChI=1S/C25H25N3O2/c1-3-30-20-15-13-19(14-16-20)25(29)27-22(18-9-5-4-6-10-18)17-24-26-21-11-7-8-12-23(21)28(24)2/h4-16,22H,3,17H2,1-2H3,(H,27,29)/t22-/m1/s1. The molecule has 1 N–H and O–H groups in total. The minimum absolute atomic E-state index is 0.120. The van der Waals surface area contributed by atoms with Crippen molar-refractivity contribution in [1.29, 1.82) is 0 Å². The molecule has 0 unspecified atom stereocenters. The maximum atomic E-state index is 13.0. The molecule has 5 heteroatoms. The molecule has 0 fully saturated rings. The third-order valence-corrected chi connectivity index (χ3v) is 5.20. The van der Waals surface area contributed by atoms with Crippen LogP contribution in [-0.2, 0) is 13.5 Å². The Balaban J connectivity index is 1.60. The Morgan fingerprint density at radius 1 is 1.00 bits per heavy atom. The molecule has 0 spiro atoms. The number of aryl methyl sites for hydroxylation is 1. The van der Waals surface area contributed by atoms with Gasteiger partial charge in [-0.2, -0.15) is 0 Å². The van der Waals surface area contributed by atoms with E-state index in [1.807, 2.05) is 74.6 Å². The number of fused-ring (bicyclic) bond motifs is 1. The normalized spacial score (nSPS) is 11.9. The Labute approximate surface area is 176 Å². The zero-order chi connectivity index (χ0) is 20.9. The van der Waals surface area contributed by atoms with Crippen LogP contribution < -0.4 is 10.1 Å². The number of imidazole rings is 1. The van der Waals surface area contributed by atoms with Crippen molar-refractivity contribution >= 4 is 16.9 Å². The predicted molar refractivity (Wildman–Crippen MR) is 119 cm³/mol. The molecule has 3 aromatic carbocycles. The summed E-state index contributed by atoms with van der Waals surface area (Å²) >= 11 is 0. The Hall–Kier alpha value is -3.60. The van der Waals surface area contributed by atoms with Crippen molar-refractivity contribution in [2.75, 3.05) is 6.61 Å². The Bertz CT molecular complexity index is 1130. The lowest BCUT2D eigenvalue weighted by molar-refractivity contribution is 0.0936. The van der Waals surface area contributed by atoms with E-state index in [9.17, 15) is 4.79 Å². The van der Waals surface area contributed by atoms with Crippen molar-refractivity contribution < 1.29 is 9.53 Å². The molecule has 1 amide bonds. The van der Waals surface area contributed by atoms with Crippen molar-refractivity contribution in [1.82, 2.24) is 14.9 Å². The second-order valence-corrected chi connectivity index (χ2v) is 7.17.